The maximum Gasteiger partial charge on any atom is 0.317 e. The smallest absolute Gasteiger partial charge is 0.317 e. The van der Waals surface area contributed by atoms with Gasteiger partial charge in [-0.05, 0) is 31.0 Å². The van der Waals surface area contributed by atoms with Crippen LogP contribution in [-0.4, -0.2) is 23.3 Å². The number of carbonyl (C=O) groups excluding carboxylic acids is 2. The summed E-state index contributed by atoms with van der Waals surface area (Å²) in [7, 11) is 0. The zero-order valence-electron chi connectivity index (χ0n) is 12.2. The highest BCUT2D eigenvalue weighted by Gasteiger charge is 2.29. The van der Waals surface area contributed by atoms with Crippen LogP contribution in [0.1, 0.15) is 22.8 Å². The number of hydrogen-bond acceptors (Lipinski definition) is 4. The first kappa shape index (κ1) is 16.2. The highest BCUT2D eigenvalue weighted by atomic mass is 35.5. The molecule has 4 nitrogen and oxygen atoms in total. The van der Waals surface area contributed by atoms with E-state index in [0.717, 1.165) is 5.56 Å². The van der Waals surface area contributed by atoms with E-state index in [2.05, 4.69) is 4.98 Å². The Kier molecular flexibility index (Phi) is 5.67. The molecule has 1 heterocycles. The van der Waals surface area contributed by atoms with E-state index < -0.39 is 11.9 Å². The molecule has 1 aromatic heterocycles. The summed E-state index contributed by atoms with van der Waals surface area (Å²) in [5.41, 5.74) is 1.24. The average molecular weight is 318 g/mol. The molecule has 2 rings (SSSR count). The van der Waals surface area contributed by atoms with Crippen molar-refractivity contribution in [2.24, 2.45) is 5.92 Å². The summed E-state index contributed by atoms with van der Waals surface area (Å²) < 4.78 is 5.04. The molecule has 0 N–H and O–H groups in total. The molecule has 22 heavy (non-hydrogen) atoms. The Morgan fingerprint density at radius 2 is 1.91 bits per heavy atom. The molecule has 5 heteroatoms. The minimum absolute atomic E-state index is 0.232. The highest BCUT2D eigenvalue weighted by Crippen LogP contribution is 2.17. The van der Waals surface area contributed by atoms with Crippen LogP contribution < -0.4 is 0 Å². The van der Waals surface area contributed by atoms with Gasteiger partial charge in [-0.15, -0.1) is 0 Å². The minimum Gasteiger partial charge on any atom is -0.465 e. The van der Waals surface area contributed by atoms with Crippen LogP contribution in [0.4, 0.5) is 0 Å². The van der Waals surface area contributed by atoms with E-state index >= 15 is 0 Å². The number of halogens is 1. The Bertz CT molecular complexity index is 641. The standard InChI is InChI=1S/C17H16ClNO3/c1-2-22-17(21)14(10-12-6-4-3-5-7-12)16(20)13-8-9-15(18)19-11-13/h3-9,11,14H,2,10H2,1H3. The fourth-order valence-corrected chi connectivity index (χ4v) is 2.21. The third-order valence-corrected chi connectivity index (χ3v) is 3.41. The Labute approximate surface area is 134 Å². The summed E-state index contributed by atoms with van der Waals surface area (Å²) in [5, 5.41) is 0.298. The first-order chi connectivity index (χ1) is 10.6. The van der Waals surface area contributed by atoms with Crippen molar-refractivity contribution in [3.8, 4) is 0 Å². The fourth-order valence-electron chi connectivity index (χ4n) is 2.10. The monoisotopic (exact) mass is 317 g/mol. The Morgan fingerprint density at radius 1 is 1.18 bits per heavy atom. The van der Waals surface area contributed by atoms with Crippen molar-refractivity contribution < 1.29 is 14.3 Å². The predicted molar refractivity (Wildman–Crippen MR) is 83.8 cm³/mol. The maximum atomic E-state index is 12.6. The van der Waals surface area contributed by atoms with Gasteiger partial charge in [0.05, 0.1) is 6.61 Å². The summed E-state index contributed by atoms with van der Waals surface area (Å²) in [6.07, 6.45) is 1.67. The number of hydrogen-bond donors (Lipinski definition) is 0. The van der Waals surface area contributed by atoms with Gasteiger partial charge in [-0.3, -0.25) is 9.59 Å². The van der Waals surface area contributed by atoms with Gasteiger partial charge in [-0.1, -0.05) is 41.9 Å². The van der Waals surface area contributed by atoms with Crippen molar-refractivity contribution in [3.63, 3.8) is 0 Å². The van der Waals surface area contributed by atoms with Crippen LogP contribution >= 0.6 is 11.6 Å². The fraction of sp³-hybridized carbons (Fsp3) is 0.235. The number of pyridine rings is 1. The van der Waals surface area contributed by atoms with Crippen molar-refractivity contribution in [1.29, 1.82) is 0 Å². The lowest BCUT2D eigenvalue weighted by atomic mass is 9.92. The number of carbonyl (C=O) groups is 2. The van der Waals surface area contributed by atoms with Crippen LogP contribution in [0.25, 0.3) is 0 Å². The molecule has 0 spiro atoms. The predicted octanol–water partition coefficient (Wildman–Crippen LogP) is 3.34. The van der Waals surface area contributed by atoms with Crippen LogP contribution in [0.3, 0.4) is 0 Å². The van der Waals surface area contributed by atoms with Crippen LogP contribution in [0.5, 0.6) is 0 Å². The molecule has 0 aliphatic rings. The molecule has 114 valence electrons. The van der Waals surface area contributed by atoms with Crippen molar-refractivity contribution in [2.45, 2.75) is 13.3 Å². The third kappa shape index (κ3) is 4.15. The molecule has 0 saturated carbocycles. The average Bonchev–Trinajstić information content (AvgIpc) is 2.54. The quantitative estimate of drug-likeness (QED) is 0.355. The van der Waals surface area contributed by atoms with Crippen LogP contribution in [-0.2, 0) is 16.0 Å². The zero-order valence-corrected chi connectivity index (χ0v) is 12.9. The SMILES string of the molecule is CCOC(=O)C(Cc1ccccc1)C(=O)c1ccc(Cl)nc1. The van der Waals surface area contributed by atoms with Gasteiger partial charge in [0.25, 0.3) is 0 Å². The number of benzene rings is 1. The zero-order chi connectivity index (χ0) is 15.9. The molecular formula is C17H16ClNO3. The molecule has 0 aliphatic heterocycles. The molecule has 2 aromatic rings. The minimum atomic E-state index is -0.884. The van der Waals surface area contributed by atoms with E-state index in [4.69, 9.17) is 16.3 Å². The highest BCUT2D eigenvalue weighted by molar-refractivity contribution is 6.29. The lowest BCUT2D eigenvalue weighted by Crippen LogP contribution is -2.28. The molecule has 0 saturated heterocycles. The number of esters is 1. The molecule has 0 aliphatic carbocycles. The number of ether oxygens (including phenoxy) is 1. The first-order valence-electron chi connectivity index (χ1n) is 6.98. The van der Waals surface area contributed by atoms with Crippen LogP contribution in [0, 0.1) is 5.92 Å². The van der Waals surface area contributed by atoms with E-state index in [1.807, 2.05) is 30.3 Å². The van der Waals surface area contributed by atoms with Gasteiger partial charge in [-0.2, -0.15) is 0 Å². The largest absolute Gasteiger partial charge is 0.465 e. The summed E-state index contributed by atoms with van der Waals surface area (Å²) in [6.45, 7) is 1.95. The van der Waals surface area contributed by atoms with E-state index in [-0.39, 0.29) is 12.4 Å². The van der Waals surface area contributed by atoms with Crippen LogP contribution in [0.15, 0.2) is 48.7 Å². The van der Waals surface area contributed by atoms with Crippen molar-refractivity contribution >= 4 is 23.4 Å². The number of Topliss-reactive ketones (excluding diaryl/α,β-unsaturated/α-hetero) is 1. The van der Waals surface area contributed by atoms with E-state index in [1.165, 1.54) is 12.3 Å². The molecule has 0 radical (unpaired) electrons. The first-order valence-corrected chi connectivity index (χ1v) is 7.36. The molecule has 0 bridgehead atoms. The van der Waals surface area contributed by atoms with Gasteiger partial charge in [0.1, 0.15) is 11.1 Å². The number of rotatable bonds is 6. The Balaban J connectivity index is 2.25. The van der Waals surface area contributed by atoms with Gasteiger partial charge >= 0.3 is 5.97 Å². The molecule has 1 unspecified atom stereocenters. The lowest BCUT2D eigenvalue weighted by Gasteiger charge is -2.14. The maximum absolute atomic E-state index is 12.6. The molecule has 0 amide bonds. The van der Waals surface area contributed by atoms with Gasteiger partial charge in [0, 0.05) is 11.8 Å². The van der Waals surface area contributed by atoms with Crippen molar-refractivity contribution in [3.05, 3.63) is 64.9 Å². The second kappa shape index (κ2) is 7.71. The summed E-state index contributed by atoms with van der Waals surface area (Å²) in [4.78, 5) is 28.6. The number of ketones is 1. The molecule has 1 atom stereocenters. The second-order valence-corrected chi connectivity index (χ2v) is 5.12. The molecular weight excluding hydrogens is 302 g/mol. The third-order valence-electron chi connectivity index (χ3n) is 3.18. The van der Waals surface area contributed by atoms with E-state index in [1.54, 1.807) is 13.0 Å². The topological polar surface area (TPSA) is 56.3 Å². The van der Waals surface area contributed by atoms with Crippen molar-refractivity contribution in [1.82, 2.24) is 4.98 Å². The second-order valence-electron chi connectivity index (χ2n) is 4.73. The Morgan fingerprint density at radius 3 is 2.50 bits per heavy atom. The van der Waals surface area contributed by atoms with Gasteiger partial charge < -0.3 is 4.74 Å². The summed E-state index contributed by atoms with van der Waals surface area (Å²) in [5.74, 6) is -1.72. The van der Waals surface area contributed by atoms with Crippen LogP contribution in [0.2, 0.25) is 5.15 Å². The molecule has 1 aromatic carbocycles. The lowest BCUT2D eigenvalue weighted by molar-refractivity contribution is -0.146. The van der Waals surface area contributed by atoms with Crippen molar-refractivity contribution in [2.75, 3.05) is 6.61 Å². The normalized spacial score (nSPS) is 11.7. The van der Waals surface area contributed by atoms with Gasteiger partial charge in [0.15, 0.2) is 5.78 Å². The van der Waals surface area contributed by atoms with E-state index in [9.17, 15) is 9.59 Å². The summed E-state index contributed by atoms with van der Waals surface area (Å²) >= 11 is 5.72. The van der Waals surface area contributed by atoms with E-state index in [0.29, 0.717) is 17.1 Å². The number of nitrogens with zero attached hydrogens (tertiary/aromatic N) is 1. The molecule has 0 fully saturated rings. The Hall–Kier alpha value is -2.20. The number of aromatic nitrogens is 1. The van der Waals surface area contributed by atoms with Gasteiger partial charge in [0.2, 0.25) is 0 Å². The summed E-state index contributed by atoms with van der Waals surface area (Å²) in [6, 6.07) is 12.5. The van der Waals surface area contributed by atoms with Gasteiger partial charge in [-0.25, -0.2) is 4.98 Å².